The summed E-state index contributed by atoms with van der Waals surface area (Å²) in [5.74, 6) is 2.44. The quantitative estimate of drug-likeness (QED) is 0.426. The van der Waals surface area contributed by atoms with Gasteiger partial charge in [0.1, 0.15) is 12.3 Å². The number of nitrogens with zero attached hydrogens (tertiary/aromatic N) is 2. The number of hydrogen-bond donors (Lipinski definition) is 1. The average molecular weight is 217 g/mol. The van der Waals surface area contributed by atoms with Crippen LogP contribution in [0.2, 0.25) is 0 Å². The van der Waals surface area contributed by atoms with Crippen LogP contribution in [-0.4, -0.2) is 36.3 Å². The first-order valence-electron chi connectivity index (χ1n) is 5.06. The van der Waals surface area contributed by atoms with Gasteiger partial charge in [-0.1, -0.05) is 18.7 Å². The number of carbonyl (C=O) groups excluding carboxylic acids is 1. The van der Waals surface area contributed by atoms with Crippen molar-refractivity contribution in [2.75, 3.05) is 19.6 Å². The Morgan fingerprint density at radius 1 is 1.75 bits per heavy atom. The summed E-state index contributed by atoms with van der Waals surface area (Å²) in [4.78, 5) is 11.1. The third kappa shape index (κ3) is 3.28. The molecule has 16 heavy (non-hydrogen) atoms. The minimum absolute atomic E-state index is 0.0389. The zero-order valence-electron chi connectivity index (χ0n) is 9.36. The van der Waals surface area contributed by atoms with Gasteiger partial charge in [0, 0.05) is 12.1 Å². The molecule has 1 fully saturated rings. The van der Waals surface area contributed by atoms with Crippen LogP contribution in [-0.2, 0) is 4.79 Å². The molecule has 0 aromatic carbocycles. The summed E-state index contributed by atoms with van der Waals surface area (Å²) in [5.41, 5.74) is 1.14. The summed E-state index contributed by atoms with van der Waals surface area (Å²) in [6.45, 7) is 7.20. The SMILES string of the molecule is C#C/C(=N\N1CCNC(=O)C1)C(=C)/C=C\C. The van der Waals surface area contributed by atoms with E-state index in [0.717, 1.165) is 0 Å². The Morgan fingerprint density at radius 2 is 2.50 bits per heavy atom. The molecule has 0 radical (unpaired) electrons. The van der Waals surface area contributed by atoms with E-state index in [4.69, 9.17) is 6.42 Å². The molecule has 0 aromatic heterocycles. The van der Waals surface area contributed by atoms with E-state index in [0.29, 0.717) is 24.4 Å². The lowest BCUT2D eigenvalue weighted by Crippen LogP contribution is -2.45. The molecule has 1 aliphatic heterocycles. The molecule has 0 aromatic rings. The lowest BCUT2D eigenvalue weighted by Gasteiger charge is -2.24. The van der Waals surface area contributed by atoms with Crippen molar-refractivity contribution in [3.8, 4) is 12.3 Å². The first kappa shape index (κ1) is 12.1. The summed E-state index contributed by atoms with van der Waals surface area (Å²) < 4.78 is 0. The first-order chi connectivity index (χ1) is 7.67. The van der Waals surface area contributed by atoms with E-state index in [-0.39, 0.29) is 12.5 Å². The summed E-state index contributed by atoms with van der Waals surface area (Å²) >= 11 is 0. The standard InChI is InChI=1S/C12H15N3O/c1-4-6-10(3)11(5-2)14-15-8-7-13-12(16)9-15/h2,4,6H,3,7-9H2,1H3,(H,13,16)/b6-4-,14-11+. The molecule has 1 aliphatic rings. The average Bonchev–Trinajstić information content (AvgIpc) is 2.26. The molecule has 4 nitrogen and oxygen atoms in total. The van der Waals surface area contributed by atoms with Crippen molar-refractivity contribution < 1.29 is 4.79 Å². The van der Waals surface area contributed by atoms with Crippen molar-refractivity contribution in [3.05, 3.63) is 24.3 Å². The van der Waals surface area contributed by atoms with Gasteiger partial charge in [-0.2, -0.15) is 5.10 Å². The van der Waals surface area contributed by atoms with Gasteiger partial charge in [0.05, 0.1) is 6.54 Å². The first-order valence-corrected chi connectivity index (χ1v) is 5.06. The minimum Gasteiger partial charge on any atom is -0.353 e. The van der Waals surface area contributed by atoms with Crippen LogP contribution in [0.3, 0.4) is 0 Å². The summed E-state index contributed by atoms with van der Waals surface area (Å²) in [6, 6.07) is 0. The Labute approximate surface area is 95.7 Å². The second kappa shape index (κ2) is 5.76. The van der Waals surface area contributed by atoms with Crippen LogP contribution in [0, 0.1) is 12.3 Å². The lowest BCUT2D eigenvalue weighted by atomic mass is 10.2. The number of allylic oxidation sites excluding steroid dienone is 3. The van der Waals surface area contributed by atoms with E-state index in [1.54, 1.807) is 11.1 Å². The van der Waals surface area contributed by atoms with E-state index in [1.165, 1.54) is 0 Å². The van der Waals surface area contributed by atoms with Crippen LogP contribution in [0.15, 0.2) is 29.4 Å². The number of nitrogens with one attached hydrogen (secondary N) is 1. The summed E-state index contributed by atoms with van der Waals surface area (Å²) in [6.07, 6.45) is 8.99. The fourth-order valence-corrected chi connectivity index (χ4v) is 1.32. The van der Waals surface area contributed by atoms with Crippen molar-refractivity contribution >= 4 is 11.6 Å². The molecule has 1 amide bonds. The minimum atomic E-state index is -0.0389. The fraction of sp³-hybridized carbons (Fsp3) is 0.333. The van der Waals surface area contributed by atoms with Crippen LogP contribution >= 0.6 is 0 Å². The highest BCUT2D eigenvalue weighted by atomic mass is 16.2. The summed E-state index contributed by atoms with van der Waals surface area (Å²) in [7, 11) is 0. The number of hydrogen-bond acceptors (Lipinski definition) is 3. The predicted molar refractivity (Wildman–Crippen MR) is 64.8 cm³/mol. The Kier molecular flexibility index (Phi) is 4.34. The topological polar surface area (TPSA) is 44.7 Å². The lowest BCUT2D eigenvalue weighted by molar-refractivity contribution is -0.124. The Morgan fingerprint density at radius 3 is 3.06 bits per heavy atom. The zero-order chi connectivity index (χ0) is 12.0. The molecule has 1 N–H and O–H groups in total. The second-order valence-corrected chi connectivity index (χ2v) is 3.36. The van der Waals surface area contributed by atoms with Crippen LogP contribution in [0.5, 0.6) is 0 Å². The highest BCUT2D eigenvalue weighted by molar-refractivity contribution is 6.13. The third-order valence-corrected chi connectivity index (χ3v) is 2.07. The van der Waals surface area contributed by atoms with Crippen LogP contribution in [0.25, 0.3) is 0 Å². The molecule has 0 spiro atoms. The van der Waals surface area contributed by atoms with Gasteiger partial charge >= 0.3 is 0 Å². The fourth-order valence-electron chi connectivity index (χ4n) is 1.32. The second-order valence-electron chi connectivity index (χ2n) is 3.36. The molecule has 1 heterocycles. The Balaban J connectivity index is 2.76. The van der Waals surface area contributed by atoms with Gasteiger partial charge in [-0.25, -0.2) is 0 Å². The molecule has 1 rings (SSSR count). The number of rotatable bonds is 3. The number of piperazine rings is 1. The Bertz CT molecular complexity index is 388. The van der Waals surface area contributed by atoms with Gasteiger partial charge in [0.25, 0.3) is 0 Å². The molecule has 0 unspecified atom stereocenters. The molecule has 1 saturated heterocycles. The van der Waals surface area contributed by atoms with Crippen molar-refractivity contribution in [2.24, 2.45) is 5.10 Å². The largest absolute Gasteiger partial charge is 0.353 e. The summed E-state index contributed by atoms with van der Waals surface area (Å²) in [5, 5.41) is 8.60. The van der Waals surface area contributed by atoms with Crippen molar-refractivity contribution in [1.82, 2.24) is 10.3 Å². The van der Waals surface area contributed by atoms with Crippen LogP contribution < -0.4 is 5.32 Å². The molecule has 4 heteroatoms. The normalized spacial score (nSPS) is 17.1. The van der Waals surface area contributed by atoms with Crippen molar-refractivity contribution in [3.63, 3.8) is 0 Å². The maximum atomic E-state index is 11.1. The van der Waals surface area contributed by atoms with Gasteiger partial charge in [-0.15, -0.1) is 6.42 Å². The van der Waals surface area contributed by atoms with Gasteiger partial charge < -0.3 is 5.32 Å². The van der Waals surface area contributed by atoms with Crippen LogP contribution in [0.1, 0.15) is 6.92 Å². The van der Waals surface area contributed by atoms with E-state index in [9.17, 15) is 4.79 Å². The van der Waals surface area contributed by atoms with E-state index in [1.807, 2.05) is 13.0 Å². The molecular weight excluding hydrogens is 202 g/mol. The molecule has 0 aliphatic carbocycles. The predicted octanol–water partition coefficient (Wildman–Crippen LogP) is 0.540. The number of amides is 1. The maximum absolute atomic E-state index is 11.1. The zero-order valence-corrected chi connectivity index (χ0v) is 9.36. The highest BCUT2D eigenvalue weighted by Crippen LogP contribution is 2.01. The number of hydrazone groups is 1. The molecule has 0 bridgehead atoms. The number of carbonyl (C=O) groups is 1. The number of terminal acetylenes is 1. The van der Waals surface area contributed by atoms with Crippen molar-refractivity contribution in [1.29, 1.82) is 0 Å². The van der Waals surface area contributed by atoms with Gasteiger partial charge in [0.2, 0.25) is 5.91 Å². The monoisotopic (exact) mass is 217 g/mol. The molecule has 0 atom stereocenters. The van der Waals surface area contributed by atoms with Crippen LogP contribution in [0.4, 0.5) is 0 Å². The molecule has 0 saturated carbocycles. The van der Waals surface area contributed by atoms with E-state index >= 15 is 0 Å². The van der Waals surface area contributed by atoms with Crippen molar-refractivity contribution in [2.45, 2.75) is 6.92 Å². The highest BCUT2D eigenvalue weighted by Gasteiger charge is 2.14. The van der Waals surface area contributed by atoms with Gasteiger partial charge in [0.15, 0.2) is 0 Å². The molecule has 84 valence electrons. The van der Waals surface area contributed by atoms with E-state index in [2.05, 4.69) is 22.9 Å². The Hall–Kier alpha value is -2.02. The van der Waals surface area contributed by atoms with Gasteiger partial charge in [-0.3, -0.25) is 9.80 Å². The molecular formula is C12H15N3O. The smallest absolute Gasteiger partial charge is 0.241 e. The van der Waals surface area contributed by atoms with E-state index < -0.39 is 0 Å². The van der Waals surface area contributed by atoms with Gasteiger partial charge in [-0.05, 0) is 12.8 Å². The third-order valence-electron chi connectivity index (χ3n) is 2.07. The maximum Gasteiger partial charge on any atom is 0.241 e.